The average molecular weight is 376 g/mol. The van der Waals surface area contributed by atoms with Crippen molar-refractivity contribution in [2.75, 3.05) is 10.6 Å². The van der Waals surface area contributed by atoms with Crippen molar-refractivity contribution in [1.29, 1.82) is 0 Å². The molecule has 4 N–H and O–H groups in total. The Balaban J connectivity index is 0.00000196. The molecule has 2 bridgehead atoms. The standard InChI is InChI=1S/C19H21N3O3.ClH/c20-17-12-4-3-11(10-12)16(17)19(24)22-14-7-5-13(6-8-14)21-18(23)15-2-1-9-25-15;/h1-2,5-9,11-12,16-17H,3-4,10,20H2,(H,21,23)(H,22,24);1H. The van der Waals surface area contributed by atoms with Gasteiger partial charge in [0.1, 0.15) is 0 Å². The number of halogens is 1. The molecule has 0 saturated heterocycles. The van der Waals surface area contributed by atoms with Crippen LogP contribution in [-0.2, 0) is 4.79 Å². The van der Waals surface area contributed by atoms with E-state index >= 15 is 0 Å². The summed E-state index contributed by atoms with van der Waals surface area (Å²) in [5.41, 5.74) is 7.57. The molecule has 1 aromatic heterocycles. The Morgan fingerprint density at radius 1 is 1.00 bits per heavy atom. The van der Waals surface area contributed by atoms with Gasteiger partial charge in [0.05, 0.1) is 12.2 Å². The van der Waals surface area contributed by atoms with Crippen molar-refractivity contribution in [2.45, 2.75) is 25.3 Å². The van der Waals surface area contributed by atoms with E-state index in [-0.39, 0.29) is 41.9 Å². The minimum absolute atomic E-state index is 0. The van der Waals surface area contributed by atoms with Crippen LogP contribution in [0.2, 0.25) is 0 Å². The van der Waals surface area contributed by atoms with Crippen LogP contribution < -0.4 is 16.4 Å². The summed E-state index contributed by atoms with van der Waals surface area (Å²) in [5.74, 6) is 0.786. The molecule has 2 aliphatic rings. The first-order valence-corrected chi connectivity index (χ1v) is 8.63. The van der Waals surface area contributed by atoms with Crippen molar-refractivity contribution in [3.63, 3.8) is 0 Å². The number of nitrogens with one attached hydrogen (secondary N) is 2. The topological polar surface area (TPSA) is 97.4 Å². The highest BCUT2D eigenvalue weighted by Crippen LogP contribution is 2.47. The van der Waals surface area contributed by atoms with Crippen LogP contribution in [0.5, 0.6) is 0 Å². The van der Waals surface area contributed by atoms with Gasteiger partial charge < -0.3 is 20.8 Å². The first-order chi connectivity index (χ1) is 12.1. The number of amides is 2. The van der Waals surface area contributed by atoms with Crippen LogP contribution in [0.4, 0.5) is 11.4 Å². The Morgan fingerprint density at radius 2 is 1.65 bits per heavy atom. The van der Waals surface area contributed by atoms with Gasteiger partial charge in [0.2, 0.25) is 5.91 Å². The lowest BCUT2D eigenvalue weighted by Gasteiger charge is -2.27. The Hall–Kier alpha value is -2.31. The highest BCUT2D eigenvalue weighted by Gasteiger charge is 2.49. The van der Waals surface area contributed by atoms with Gasteiger partial charge in [-0.25, -0.2) is 0 Å². The molecule has 0 spiro atoms. The lowest BCUT2D eigenvalue weighted by molar-refractivity contribution is -0.121. The van der Waals surface area contributed by atoms with Crippen LogP contribution in [0.3, 0.4) is 0 Å². The molecule has 4 unspecified atom stereocenters. The molecule has 2 aromatic rings. The molecular weight excluding hydrogens is 354 g/mol. The summed E-state index contributed by atoms with van der Waals surface area (Å²) < 4.78 is 5.05. The van der Waals surface area contributed by atoms with Gasteiger partial charge in [0, 0.05) is 17.4 Å². The SMILES string of the molecule is Cl.NC1C2CCC(C2)C1C(=O)Nc1ccc(NC(=O)c2ccco2)cc1. The summed E-state index contributed by atoms with van der Waals surface area (Å²) in [6, 6.07) is 10.3. The van der Waals surface area contributed by atoms with E-state index in [1.54, 1.807) is 36.4 Å². The van der Waals surface area contributed by atoms with Crippen molar-refractivity contribution in [3.8, 4) is 0 Å². The number of furan rings is 1. The normalized spacial score (nSPS) is 26.2. The number of hydrogen-bond acceptors (Lipinski definition) is 4. The van der Waals surface area contributed by atoms with Gasteiger partial charge in [-0.05, 0) is 67.5 Å². The van der Waals surface area contributed by atoms with Crippen LogP contribution in [0.25, 0.3) is 0 Å². The van der Waals surface area contributed by atoms with E-state index in [9.17, 15) is 9.59 Å². The maximum Gasteiger partial charge on any atom is 0.291 e. The molecule has 2 saturated carbocycles. The molecular formula is C19H22ClN3O3. The predicted octanol–water partition coefficient (Wildman–Crippen LogP) is 3.27. The maximum atomic E-state index is 12.6. The van der Waals surface area contributed by atoms with Gasteiger partial charge in [-0.3, -0.25) is 9.59 Å². The third kappa shape index (κ3) is 3.48. The van der Waals surface area contributed by atoms with Gasteiger partial charge in [-0.2, -0.15) is 0 Å². The van der Waals surface area contributed by atoms with E-state index < -0.39 is 0 Å². The summed E-state index contributed by atoms with van der Waals surface area (Å²) >= 11 is 0. The number of benzene rings is 1. The van der Waals surface area contributed by atoms with E-state index in [4.69, 9.17) is 10.2 Å². The highest BCUT2D eigenvalue weighted by atomic mass is 35.5. The third-order valence-corrected chi connectivity index (χ3v) is 5.44. The van der Waals surface area contributed by atoms with Crippen LogP contribution >= 0.6 is 12.4 Å². The fourth-order valence-electron chi connectivity index (χ4n) is 4.19. The third-order valence-electron chi connectivity index (χ3n) is 5.44. The summed E-state index contributed by atoms with van der Waals surface area (Å²) in [6.07, 6.45) is 4.79. The average Bonchev–Trinajstić information content (AvgIpc) is 3.33. The Kier molecular flexibility index (Phi) is 5.34. The highest BCUT2D eigenvalue weighted by molar-refractivity contribution is 6.02. The van der Waals surface area contributed by atoms with Gasteiger partial charge in [-0.1, -0.05) is 0 Å². The Morgan fingerprint density at radius 3 is 2.23 bits per heavy atom. The second-order valence-electron chi connectivity index (χ2n) is 6.93. The maximum absolute atomic E-state index is 12.6. The quantitative estimate of drug-likeness (QED) is 0.763. The summed E-state index contributed by atoms with van der Waals surface area (Å²) in [4.78, 5) is 24.5. The number of carbonyl (C=O) groups is 2. The van der Waals surface area contributed by atoms with Gasteiger partial charge >= 0.3 is 0 Å². The molecule has 4 atom stereocenters. The van der Waals surface area contributed by atoms with Crippen molar-refractivity contribution in [2.24, 2.45) is 23.5 Å². The number of rotatable bonds is 4. The lowest BCUT2D eigenvalue weighted by Crippen LogP contribution is -2.42. The van der Waals surface area contributed by atoms with Crippen molar-refractivity contribution in [1.82, 2.24) is 0 Å². The molecule has 7 heteroatoms. The zero-order valence-corrected chi connectivity index (χ0v) is 15.0. The summed E-state index contributed by atoms with van der Waals surface area (Å²) in [7, 11) is 0. The monoisotopic (exact) mass is 375 g/mol. The van der Waals surface area contributed by atoms with E-state index in [1.165, 1.54) is 6.26 Å². The van der Waals surface area contributed by atoms with Crippen LogP contribution in [0.15, 0.2) is 47.1 Å². The first-order valence-electron chi connectivity index (χ1n) is 8.63. The van der Waals surface area contributed by atoms with Crippen LogP contribution in [-0.4, -0.2) is 17.9 Å². The molecule has 2 fully saturated rings. The Labute approximate surface area is 157 Å². The molecule has 6 nitrogen and oxygen atoms in total. The molecule has 138 valence electrons. The van der Waals surface area contributed by atoms with Crippen LogP contribution in [0, 0.1) is 17.8 Å². The van der Waals surface area contributed by atoms with Crippen molar-refractivity contribution in [3.05, 3.63) is 48.4 Å². The molecule has 0 radical (unpaired) electrons. The van der Waals surface area contributed by atoms with Gasteiger partial charge in [0.25, 0.3) is 5.91 Å². The molecule has 1 heterocycles. The second kappa shape index (κ2) is 7.51. The van der Waals surface area contributed by atoms with E-state index in [0.717, 1.165) is 19.3 Å². The lowest BCUT2D eigenvalue weighted by atomic mass is 9.84. The van der Waals surface area contributed by atoms with Crippen LogP contribution in [0.1, 0.15) is 29.8 Å². The fraction of sp³-hybridized carbons (Fsp3) is 0.368. The molecule has 1 aromatic carbocycles. The Bertz CT molecular complexity index is 774. The first kappa shape index (κ1) is 18.5. The molecule has 2 amide bonds. The van der Waals surface area contributed by atoms with E-state index in [0.29, 0.717) is 23.2 Å². The zero-order chi connectivity index (χ0) is 17.4. The summed E-state index contributed by atoms with van der Waals surface area (Å²) in [5, 5.41) is 5.70. The molecule has 0 aliphatic heterocycles. The minimum Gasteiger partial charge on any atom is -0.459 e. The number of anilines is 2. The second-order valence-corrected chi connectivity index (χ2v) is 6.93. The number of fused-ring (bicyclic) bond motifs is 2. The summed E-state index contributed by atoms with van der Waals surface area (Å²) in [6.45, 7) is 0. The largest absolute Gasteiger partial charge is 0.459 e. The van der Waals surface area contributed by atoms with E-state index in [2.05, 4.69) is 10.6 Å². The number of hydrogen-bond donors (Lipinski definition) is 3. The fourth-order valence-corrected chi connectivity index (χ4v) is 4.19. The predicted molar refractivity (Wildman–Crippen MR) is 101 cm³/mol. The van der Waals surface area contributed by atoms with E-state index in [1.807, 2.05) is 0 Å². The number of nitrogens with two attached hydrogens (primary N) is 1. The van der Waals surface area contributed by atoms with Crippen molar-refractivity contribution >= 4 is 35.6 Å². The molecule has 4 rings (SSSR count). The van der Waals surface area contributed by atoms with Gasteiger partial charge in [-0.15, -0.1) is 12.4 Å². The van der Waals surface area contributed by atoms with Gasteiger partial charge in [0.15, 0.2) is 5.76 Å². The smallest absolute Gasteiger partial charge is 0.291 e. The number of carbonyl (C=O) groups excluding carboxylic acids is 2. The zero-order valence-electron chi connectivity index (χ0n) is 14.2. The molecule has 26 heavy (non-hydrogen) atoms. The minimum atomic E-state index is -0.310. The van der Waals surface area contributed by atoms with Crippen molar-refractivity contribution < 1.29 is 14.0 Å². The molecule has 2 aliphatic carbocycles.